The van der Waals surface area contributed by atoms with E-state index in [9.17, 15) is 9.59 Å². The molecule has 2 aromatic carbocycles. The zero-order chi connectivity index (χ0) is 17.6. The number of aromatic nitrogens is 2. The minimum atomic E-state index is -0.688. The lowest BCUT2D eigenvalue weighted by atomic mass is 10.0. The first-order valence-corrected chi connectivity index (χ1v) is 7.87. The molecule has 3 rings (SSSR count). The Morgan fingerprint density at radius 2 is 1.84 bits per heavy atom. The van der Waals surface area contributed by atoms with Gasteiger partial charge in [-0.25, -0.2) is 9.78 Å². The zero-order valence-corrected chi connectivity index (χ0v) is 13.7. The van der Waals surface area contributed by atoms with E-state index in [0.29, 0.717) is 0 Å². The molecule has 6 heteroatoms. The maximum Gasteiger partial charge on any atom is 0.345 e. The molecule has 0 aliphatic heterocycles. The van der Waals surface area contributed by atoms with Gasteiger partial charge in [-0.15, -0.1) is 0 Å². The number of benzene rings is 2. The number of carbonyl (C=O) groups excluding carboxylic acids is 1. The predicted molar refractivity (Wildman–Crippen MR) is 96.0 cm³/mol. The lowest BCUT2D eigenvalue weighted by Crippen LogP contribution is -2.21. The van der Waals surface area contributed by atoms with Crippen molar-refractivity contribution in [3.05, 3.63) is 76.7 Å². The van der Waals surface area contributed by atoms with Crippen LogP contribution in [-0.4, -0.2) is 22.5 Å². The largest absolute Gasteiger partial charge is 0.462 e. The summed E-state index contributed by atoms with van der Waals surface area (Å²) in [5.41, 5.74) is 2.13. The van der Waals surface area contributed by atoms with Gasteiger partial charge in [0.15, 0.2) is 0 Å². The third kappa shape index (κ3) is 3.74. The van der Waals surface area contributed by atoms with Crippen molar-refractivity contribution in [2.75, 3.05) is 11.9 Å². The van der Waals surface area contributed by atoms with Crippen molar-refractivity contribution < 1.29 is 9.53 Å². The number of ether oxygens (including phenoxy) is 1. The quantitative estimate of drug-likeness (QED) is 0.699. The Bertz CT molecular complexity index is 936. The molecule has 0 amide bonds. The van der Waals surface area contributed by atoms with E-state index in [4.69, 9.17) is 4.74 Å². The highest BCUT2D eigenvalue weighted by Crippen LogP contribution is 2.28. The maximum absolute atomic E-state index is 12.1. The Balaban J connectivity index is 1.90. The molecule has 126 valence electrons. The van der Waals surface area contributed by atoms with Gasteiger partial charge < -0.3 is 10.1 Å². The molecule has 3 aromatic rings. The van der Waals surface area contributed by atoms with Crippen molar-refractivity contribution >= 4 is 17.6 Å². The van der Waals surface area contributed by atoms with Crippen LogP contribution < -0.4 is 10.9 Å². The minimum Gasteiger partial charge on any atom is -0.462 e. The first-order chi connectivity index (χ1) is 12.2. The highest BCUT2D eigenvalue weighted by molar-refractivity contribution is 5.88. The summed E-state index contributed by atoms with van der Waals surface area (Å²) in [6, 6.07) is 17.6. The van der Waals surface area contributed by atoms with Crippen LogP contribution in [0.1, 0.15) is 17.3 Å². The van der Waals surface area contributed by atoms with E-state index in [1.807, 2.05) is 54.6 Å². The lowest BCUT2D eigenvalue weighted by Gasteiger charge is -2.11. The Morgan fingerprint density at radius 1 is 1.12 bits per heavy atom. The molecule has 0 radical (unpaired) electrons. The monoisotopic (exact) mass is 335 g/mol. The van der Waals surface area contributed by atoms with Gasteiger partial charge in [0, 0.05) is 11.3 Å². The normalized spacial score (nSPS) is 10.3. The third-order valence-electron chi connectivity index (χ3n) is 3.56. The number of esters is 1. The molecule has 25 heavy (non-hydrogen) atoms. The van der Waals surface area contributed by atoms with Crippen LogP contribution in [0.2, 0.25) is 0 Å². The zero-order valence-electron chi connectivity index (χ0n) is 13.7. The summed E-state index contributed by atoms with van der Waals surface area (Å²) >= 11 is 0. The molecule has 0 spiro atoms. The van der Waals surface area contributed by atoms with Gasteiger partial charge in [-0.1, -0.05) is 48.5 Å². The Kier molecular flexibility index (Phi) is 4.89. The summed E-state index contributed by atoms with van der Waals surface area (Å²) in [7, 11) is 0. The molecule has 0 fully saturated rings. The summed E-state index contributed by atoms with van der Waals surface area (Å²) in [5.74, 6) is -0.436. The van der Waals surface area contributed by atoms with E-state index >= 15 is 0 Å². The van der Waals surface area contributed by atoms with Gasteiger partial charge in [0.25, 0.3) is 5.56 Å². The second kappa shape index (κ2) is 7.44. The third-order valence-corrected chi connectivity index (χ3v) is 3.56. The van der Waals surface area contributed by atoms with Crippen molar-refractivity contribution in [2.45, 2.75) is 6.92 Å². The maximum atomic E-state index is 12.1. The Morgan fingerprint density at radius 3 is 2.56 bits per heavy atom. The number of rotatable bonds is 5. The molecule has 0 unspecified atom stereocenters. The van der Waals surface area contributed by atoms with Crippen LogP contribution in [0.5, 0.6) is 0 Å². The fourth-order valence-electron chi connectivity index (χ4n) is 2.40. The molecule has 0 atom stereocenters. The average molecular weight is 335 g/mol. The van der Waals surface area contributed by atoms with Crippen LogP contribution in [0.4, 0.5) is 11.6 Å². The van der Waals surface area contributed by atoms with Crippen molar-refractivity contribution in [3.63, 3.8) is 0 Å². The van der Waals surface area contributed by atoms with Crippen molar-refractivity contribution in [2.24, 2.45) is 0 Å². The molecule has 0 aliphatic rings. The molecule has 2 N–H and O–H groups in total. The van der Waals surface area contributed by atoms with Crippen LogP contribution in [-0.2, 0) is 4.74 Å². The summed E-state index contributed by atoms with van der Waals surface area (Å²) < 4.78 is 4.82. The number of hydrogen-bond acceptors (Lipinski definition) is 5. The van der Waals surface area contributed by atoms with E-state index in [2.05, 4.69) is 15.3 Å². The van der Waals surface area contributed by atoms with E-state index < -0.39 is 11.5 Å². The summed E-state index contributed by atoms with van der Waals surface area (Å²) in [6.07, 6.45) is 1.21. The molecule has 0 saturated heterocycles. The lowest BCUT2D eigenvalue weighted by molar-refractivity contribution is 0.0524. The number of H-pyrrole nitrogens is 1. The van der Waals surface area contributed by atoms with Crippen LogP contribution in [0, 0.1) is 0 Å². The van der Waals surface area contributed by atoms with E-state index in [-0.39, 0.29) is 18.1 Å². The molecule has 1 heterocycles. The van der Waals surface area contributed by atoms with Gasteiger partial charge in [-0.05, 0) is 18.6 Å². The van der Waals surface area contributed by atoms with Crippen molar-refractivity contribution in [3.8, 4) is 11.1 Å². The standard InChI is InChI=1S/C19H17N3O3/c1-2-25-18(24)15-12-20-19(22-17(15)23)21-16-11-7-6-10-14(16)13-8-4-3-5-9-13/h3-12H,2H2,1H3,(H2,20,21,22,23). The Labute approximate surface area is 144 Å². The SMILES string of the molecule is CCOC(=O)c1cnc(Nc2ccccc2-c2ccccc2)[nH]c1=O. The number of nitrogens with zero attached hydrogens (tertiary/aromatic N) is 1. The molecule has 0 saturated carbocycles. The number of aromatic amines is 1. The fourth-order valence-corrected chi connectivity index (χ4v) is 2.40. The highest BCUT2D eigenvalue weighted by Gasteiger charge is 2.13. The van der Waals surface area contributed by atoms with Crippen molar-refractivity contribution in [1.29, 1.82) is 0 Å². The van der Waals surface area contributed by atoms with Gasteiger partial charge in [-0.3, -0.25) is 9.78 Å². The number of carbonyl (C=O) groups is 1. The Hall–Kier alpha value is -3.41. The van der Waals surface area contributed by atoms with Crippen LogP contribution in [0.3, 0.4) is 0 Å². The number of para-hydroxylation sites is 1. The van der Waals surface area contributed by atoms with Crippen molar-refractivity contribution in [1.82, 2.24) is 9.97 Å². The summed E-state index contributed by atoms with van der Waals surface area (Å²) in [5, 5.41) is 3.09. The molecule has 0 bridgehead atoms. The summed E-state index contributed by atoms with van der Waals surface area (Å²) in [6.45, 7) is 1.87. The minimum absolute atomic E-state index is 0.122. The molecular formula is C19H17N3O3. The number of hydrogen-bond donors (Lipinski definition) is 2. The van der Waals surface area contributed by atoms with Crippen LogP contribution >= 0.6 is 0 Å². The predicted octanol–water partition coefficient (Wildman–Crippen LogP) is 3.36. The first kappa shape index (κ1) is 16.4. The van der Waals surface area contributed by atoms with Gasteiger partial charge in [0.05, 0.1) is 12.8 Å². The van der Waals surface area contributed by atoms with Gasteiger partial charge in [-0.2, -0.15) is 0 Å². The van der Waals surface area contributed by atoms with Gasteiger partial charge in [0.2, 0.25) is 5.95 Å². The van der Waals surface area contributed by atoms with E-state index in [1.165, 1.54) is 6.20 Å². The smallest absolute Gasteiger partial charge is 0.345 e. The topological polar surface area (TPSA) is 84.1 Å². The van der Waals surface area contributed by atoms with Gasteiger partial charge in [0.1, 0.15) is 5.56 Å². The second-order valence-electron chi connectivity index (χ2n) is 5.23. The molecule has 0 aliphatic carbocycles. The average Bonchev–Trinajstić information content (AvgIpc) is 2.63. The van der Waals surface area contributed by atoms with Gasteiger partial charge >= 0.3 is 5.97 Å². The highest BCUT2D eigenvalue weighted by atomic mass is 16.5. The molecule has 6 nitrogen and oxygen atoms in total. The second-order valence-corrected chi connectivity index (χ2v) is 5.23. The first-order valence-electron chi connectivity index (χ1n) is 7.87. The van der Waals surface area contributed by atoms with E-state index in [1.54, 1.807) is 6.92 Å². The van der Waals surface area contributed by atoms with E-state index in [0.717, 1.165) is 16.8 Å². The van der Waals surface area contributed by atoms with Crippen LogP contribution in [0.25, 0.3) is 11.1 Å². The summed E-state index contributed by atoms with van der Waals surface area (Å²) in [4.78, 5) is 30.4. The number of nitrogens with one attached hydrogen (secondary N) is 2. The number of anilines is 2. The van der Waals surface area contributed by atoms with Crippen LogP contribution in [0.15, 0.2) is 65.6 Å². The fraction of sp³-hybridized carbons (Fsp3) is 0.105. The molecule has 1 aromatic heterocycles. The molecular weight excluding hydrogens is 318 g/mol.